The minimum absolute atomic E-state index is 0.000724. The van der Waals surface area contributed by atoms with Gasteiger partial charge in [0.25, 0.3) is 0 Å². The summed E-state index contributed by atoms with van der Waals surface area (Å²) in [5.74, 6) is -1.25. The van der Waals surface area contributed by atoms with Crippen LogP contribution in [0.15, 0.2) is 60.7 Å². The van der Waals surface area contributed by atoms with E-state index in [1.807, 2.05) is 22.8 Å². The summed E-state index contributed by atoms with van der Waals surface area (Å²) in [6.45, 7) is 1.50. The lowest BCUT2D eigenvalue weighted by atomic mass is 10.1. The van der Waals surface area contributed by atoms with E-state index in [1.54, 1.807) is 30.3 Å². The first-order valence-corrected chi connectivity index (χ1v) is 8.25. The molecular formula is C21H18FNO3. The summed E-state index contributed by atoms with van der Waals surface area (Å²) >= 11 is 0. The van der Waals surface area contributed by atoms with Gasteiger partial charge in [-0.1, -0.05) is 12.1 Å². The third-order valence-electron chi connectivity index (χ3n) is 4.21. The molecule has 0 radical (unpaired) electrons. The quantitative estimate of drug-likeness (QED) is 0.665. The Balaban J connectivity index is 2.14. The van der Waals surface area contributed by atoms with Gasteiger partial charge >= 0.3 is 5.97 Å². The number of aryl methyl sites for hydroxylation is 1. The normalized spacial score (nSPS) is 10.7. The number of carbonyl (C=O) groups is 2. The lowest BCUT2D eigenvalue weighted by molar-refractivity contribution is -0.136. The topological polar surface area (TPSA) is 59.3 Å². The van der Waals surface area contributed by atoms with Crippen LogP contribution in [0.1, 0.15) is 29.4 Å². The molecule has 0 saturated heterocycles. The van der Waals surface area contributed by atoms with Gasteiger partial charge in [-0.2, -0.15) is 0 Å². The maximum Gasteiger partial charge on any atom is 0.303 e. The number of aliphatic carboxylic acids is 1. The number of nitrogens with zero attached hydrogens (tertiary/aromatic N) is 1. The Kier molecular flexibility index (Phi) is 4.98. The number of Topliss-reactive ketones (excluding diaryl/α,β-unsaturated/α-hetero) is 1. The molecule has 0 bridgehead atoms. The minimum atomic E-state index is -0.876. The predicted molar refractivity (Wildman–Crippen MR) is 97.1 cm³/mol. The summed E-state index contributed by atoms with van der Waals surface area (Å²) in [7, 11) is 0. The molecule has 0 atom stereocenters. The summed E-state index contributed by atoms with van der Waals surface area (Å²) in [4.78, 5) is 22.7. The number of carbonyl (C=O) groups excluding carboxylic acids is 1. The molecule has 3 aromatic rings. The number of benzene rings is 2. The van der Waals surface area contributed by atoms with Crippen LogP contribution in [-0.4, -0.2) is 21.4 Å². The average molecular weight is 351 g/mol. The minimum Gasteiger partial charge on any atom is -0.481 e. The fourth-order valence-electron chi connectivity index (χ4n) is 2.92. The van der Waals surface area contributed by atoms with Crippen molar-refractivity contribution in [2.24, 2.45) is 0 Å². The Hall–Kier alpha value is -3.21. The molecule has 2 aromatic carbocycles. The molecule has 1 aromatic heterocycles. The van der Waals surface area contributed by atoms with Crippen LogP contribution in [0.2, 0.25) is 0 Å². The molecule has 1 heterocycles. The lowest BCUT2D eigenvalue weighted by Crippen LogP contribution is -2.06. The molecule has 0 aliphatic heterocycles. The van der Waals surface area contributed by atoms with Crippen molar-refractivity contribution in [3.8, 4) is 16.9 Å². The monoisotopic (exact) mass is 351 g/mol. The Morgan fingerprint density at radius 3 is 2.42 bits per heavy atom. The van der Waals surface area contributed by atoms with Crippen LogP contribution >= 0.6 is 0 Å². The average Bonchev–Trinajstić information content (AvgIpc) is 3.04. The van der Waals surface area contributed by atoms with Crippen LogP contribution in [-0.2, 0) is 11.2 Å². The first-order chi connectivity index (χ1) is 12.5. The number of ketones is 1. The number of rotatable bonds is 6. The van der Waals surface area contributed by atoms with E-state index in [2.05, 4.69) is 0 Å². The molecule has 0 unspecified atom stereocenters. The molecule has 0 spiro atoms. The summed E-state index contributed by atoms with van der Waals surface area (Å²) in [5, 5.41) is 9.01. The number of halogens is 1. The Morgan fingerprint density at radius 2 is 1.77 bits per heavy atom. The van der Waals surface area contributed by atoms with Crippen molar-refractivity contribution in [1.82, 2.24) is 4.57 Å². The van der Waals surface area contributed by atoms with Crippen LogP contribution in [0, 0.1) is 5.82 Å². The molecule has 0 saturated carbocycles. The van der Waals surface area contributed by atoms with Gasteiger partial charge in [-0.25, -0.2) is 4.39 Å². The SMILES string of the molecule is CC(=O)c1cccc(-n2c(CCC(=O)O)ccc2-c2ccc(F)cc2)c1. The van der Waals surface area contributed by atoms with Crippen molar-refractivity contribution in [3.05, 3.63) is 77.7 Å². The summed E-state index contributed by atoms with van der Waals surface area (Å²) in [5.41, 5.74) is 3.77. The van der Waals surface area contributed by atoms with Gasteiger partial charge in [0, 0.05) is 16.9 Å². The van der Waals surface area contributed by atoms with Crippen LogP contribution < -0.4 is 0 Å². The number of hydrogen-bond donors (Lipinski definition) is 1. The molecule has 0 aliphatic rings. The highest BCUT2D eigenvalue weighted by Crippen LogP contribution is 2.28. The van der Waals surface area contributed by atoms with Gasteiger partial charge in [-0.3, -0.25) is 9.59 Å². The molecule has 5 heteroatoms. The maximum absolute atomic E-state index is 13.3. The van der Waals surface area contributed by atoms with E-state index < -0.39 is 5.97 Å². The maximum atomic E-state index is 13.3. The third-order valence-corrected chi connectivity index (χ3v) is 4.21. The lowest BCUT2D eigenvalue weighted by Gasteiger charge is -2.14. The largest absolute Gasteiger partial charge is 0.481 e. The summed E-state index contributed by atoms with van der Waals surface area (Å²) < 4.78 is 15.2. The van der Waals surface area contributed by atoms with Crippen molar-refractivity contribution in [1.29, 1.82) is 0 Å². The number of carboxylic acid groups (broad SMARTS) is 1. The van der Waals surface area contributed by atoms with Crippen molar-refractivity contribution in [2.45, 2.75) is 19.8 Å². The van der Waals surface area contributed by atoms with Gasteiger partial charge in [-0.05, 0) is 67.4 Å². The fourth-order valence-corrected chi connectivity index (χ4v) is 2.92. The van der Waals surface area contributed by atoms with Crippen LogP contribution in [0.5, 0.6) is 0 Å². The van der Waals surface area contributed by atoms with E-state index in [0.717, 1.165) is 22.6 Å². The van der Waals surface area contributed by atoms with Crippen molar-refractivity contribution in [3.63, 3.8) is 0 Å². The molecule has 0 aliphatic carbocycles. The Bertz CT molecular complexity index is 958. The summed E-state index contributed by atoms with van der Waals surface area (Å²) in [6.07, 6.45) is 0.347. The van der Waals surface area contributed by atoms with Gasteiger partial charge in [0.15, 0.2) is 5.78 Å². The van der Waals surface area contributed by atoms with Gasteiger partial charge in [-0.15, -0.1) is 0 Å². The van der Waals surface area contributed by atoms with Crippen molar-refractivity contribution in [2.75, 3.05) is 0 Å². The highest BCUT2D eigenvalue weighted by atomic mass is 19.1. The Labute approximate surface area is 150 Å². The third kappa shape index (κ3) is 3.72. The first kappa shape index (κ1) is 17.6. The van der Waals surface area contributed by atoms with Crippen LogP contribution in [0.4, 0.5) is 4.39 Å². The molecule has 4 nitrogen and oxygen atoms in total. The Morgan fingerprint density at radius 1 is 1.04 bits per heavy atom. The van der Waals surface area contributed by atoms with E-state index in [-0.39, 0.29) is 18.0 Å². The standard InChI is InChI=1S/C21H18FNO3/c1-14(24)16-3-2-4-19(13-16)23-18(10-12-21(25)26)9-11-20(23)15-5-7-17(22)8-6-15/h2-9,11,13H,10,12H2,1H3,(H,25,26). The van der Waals surface area contributed by atoms with E-state index in [9.17, 15) is 14.0 Å². The number of hydrogen-bond acceptors (Lipinski definition) is 2. The zero-order chi connectivity index (χ0) is 18.7. The number of carboxylic acids is 1. The highest BCUT2D eigenvalue weighted by Gasteiger charge is 2.14. The second-order valence-corrected chi connectivity index (χ2v) is 6.05. The van der Waals surface area contributed by atoms with Crippen molar-refractivity contribution >= 4 is 11.8 Å². The molecule has 26 heavy (non-hydrogen) atoms. The molecule has 0 fully saturated rings. The molecule has 3 rings (SSSR count). The molecule has 0 amide bonds. The highest BCUT2D eigenvalue weighted by molar-refractivity contribution is 5.94. The smallest absolute Gasteiger partial charge is 0.303 e. The van der Waals surface area contributed by atoms with E-state index in [1.165, 1.54) is 19.1 Å². The van der Waals surface area contributed by atoms with Crippen LogP contribution in [0.25, 0.3) is 16.9 Å². The molecule has 132 valence electrons. The number of aromatic nitrogens is 1. The fraction of sp³-hybridized carbons (Fsp3) is 0.143. The van der Waals surface area contributed by atoms with Gasteiger partial charge < -0.3 is 9.67 Å². The zero-order valence-electron chi connectivity index (χ0n) is 14.3. The summed E-state index contributed by atoms with van der Waals surface area (Å²) in [6, 6.07) is 17.0. The first-order valence-electron chi connectivity index (χ1n) is 8.25. The van der Waals surface area contributed by atoms with Gasteiger partial charge in [0.05, 0.1) is 12.1 Å². The molecular weight excluding hydrogens is 333 g/mol. The molecule has 1 N–H and O–H groups in total. The van der Waals surface area contributed by atoms with E-state index >= 15 is 0 Å². The van der Waals surface area contributed by atoms with Gasteiger partial charge in [0.1, 0.15) is 5.82 Å². The second-order valence-electron chi connectivity index (χ2n) is 6.05. The predicted octanol–water partition coefficient (Wildman–Crippen LogP) is 4.50. The van der Waals surface area contributed by atoms with Gasteiger partial charge in [0.2, 0.25) is 0 Å². The van der Waals surface area contributed by atoms with E-state index in [0.29, 0.717) is 12.0 Å². The van der Waals surface area contributed by atoms with Crippen LogP contribution in [0.3, 0.4) is 0 Å². The zero-order valence-corrected chi connectivity index (χ0v) is 14.3. The van der Waals surface area contributed by atoms with Crippen molar-refractivity contribution < 1.29 is 19.1 Å². The van der Waals surface area contributed by atoms with E-state index in [4.69, 9.17) is 5.11 Å². The second kappa shape index (κ2) is 7.35.